The lowest BCUT2D eigenvalue weighted by atomic mass is 10.3. The van der Waals surface area contributed by atoms with Crippen molar-refractivity contribution < 1.29 is 9.13 Å². The molecule has 0 amide bonds. The molecule has 0 aliphatic heterocycles. The average molecular weight is 285 g/mol. The summed E-state index contributed by atoms with van der Waals surface area (Å²) in [6.07, 6.45) is 3.61. The lowest BCUT2D eigenvalue weighted by molar-refractivity contribution is 0.305. The molecule has 5 heteroatoms. The highest BCUT2D eigenvalue weighted by Gasteiger charge is 2.02. The number of halogens is 2. The fourth-order valence-corrected chi connectivity index (χ4v) is 1.64. The van der Waals surface area contributed by atoms with Crippen molar-refractivity contribution in [3.8, 4) is 5.75 Å². The fourth-order valence-electron chi connectivity index (χ4n) is 1.28. The largest absolute Gasteiger partial charge is 0.489 e. The lowest BCUT2D eigenvalue weighted by Crippen LogP contribution is -1.94. The summed E-state index contributed by atoms with van der Waals surface area (Å²) < 4.78 is 20.5. The molecule has 16 heavy (non-hydrogen) atoms. The molecule has 0 aliphatic rings. The summed E-state index contributed by atoms with van der Waals surface area (Å²) in [4.78, 5) is 0. The highest BCUT2D eigenvalue weighted by molar-refractivity contribution is 9.10. The third kappa shape index (κ3) is 2.61. The van der Waals surface area contributed by atoms with Crippen LogP contribution in [0.1, 0.15) is 5.56 Å². The molecule has 0 bridgehead atoms. The Bertz CT molecular complexity index is 498. The molecule has 2 aromatic rings. The zero-order valence-electron chi connectivity index (χ0n) is 8.65. The van der Waals surface area contributed by atoms with E-state index in [9.17, 15) is 4.39 Å². The summed E-state index contributed by atoms with van der Waals surface area (Å²) >= 11 is 3.10. The van der Waals surface area contributed by atoms with Crippen LogP contribution in [0.3, 0.4) is 0 Å². The number of hydrogen-bond donors (Lipinski definition) is 0. The van der Waals surface area contributed by atoms with Gasteiger partial charge in [-0.25, -0.2) is 4.39 Å². The molecule has 0 aliphatic carbocycles. The molecule has 3 nitrogen and oxygen atoms in total. The van der Waals surface area contributed by atoms with E-state index in [1.807, 2.05) is 13.2 Å². The van der Waals surface area contributed by atoms with Gasteiger partial charge in [0.2, 0.25) is 0 Å². The predicted octanol–water partition coefficient (Wildman–Crippen LogP) is 2.90. The zero-order chi connectivity index (χ0) is 11.5. The van der Waals surface area contributed by atoms with Crippen molar-refractivity contribution in [2.45, 2.75) is 6.61 Å². The van der Waals surface area contributed by atoms with E-state index in [1.54, 1.807) is 23.0 Å². The molecule has 0 fully saturated rings. The second-order valence-electron chi connectivity index (χ2n) is 3.39. The quantitative estimate of drug-likeness (QED) is 0.867. The van der Waals surface area contributed by atoms with Crippen LogP contribution in [0.4, 0.5) is 4.39 Å². The van der Waals surface area contributed by atoms with Gasteiger partial charge in [-0.3, -0.25) is 4.68 Å². The van der Waals surface area contributed by atoms with Crippen molar-refractivity contribution in [2.24, 2.45) is 7.05 Å². The van der Waals surface area contributed by atoms with Crippen molar-refractivity contribution in [3.63, 3.8) is 0 Å². The first-order chi connectivity index (χ1) is 7.65. The van der Waals surface area contributed by atoms with E-state index in [0.717, 1.165) is 5.56 Å². The van der Waals surface area contributed by atoms with E-state index in [4.69, 9.17) is 4.74 Å². The number of nitrogens with zero attached hydrogens (tertiary/aromatic N) is 2. The Morgan fingerprint density at radius 1 is 1.50 bits per heavy atom. The molecule has 0 N–H and O–H groups in total. The summed E-state index contributed by atoms with van der Waals surface area (Å²) in [5.41, 5.74) is 0.975. The SMILES string of the molecule is Cn1cc(COc2ccc(F)c(Br)c2)cn1. The van der Waals surface area contributed by atoms with Crippen molar-refractivity contribution in [1.82, 2.24) is 9.78 Å². The van der Waals surface area contributed by atoms with Gasteiger partial charge in [-0.1, -0.05) is 0 Å². The minimum Gasteiger partial charge on any atom is -0.489 e. The Hall–Kier alpha value is -1.36. The predicted molar refractivity (Wildman–Crippen MR) is 61.6 cm³/mol. The van der Waals surface area contributed by atoms with Crippen LogP contribution in [-0.2, 0) is 13.7 Å². The molecule has 1 aromatic heterocycles. The first-order valence-electron chi connectivity index (χ1n) is 4.70. The van der Waals surface area contributed by atoms with Crippen LogP contribution in [0, 0.1) is 5.82 Å². The number of benzene rings is 1. The first-order valence-corrected chi connectivity index (χ1v) is 5.50. The van der Waals surface area contributed by atoms with Crippen LogP contribution in [-0.4, -0.2) is 9.78 Å². The van der Waals surface area contributed by atoms with Gasteiger partial charge in [0, 0.05) is 18.8 Å². The van der Waals surface area contributed by atoms with E-state index in [0.29, 0.717) is 16.8 Å². The van der Waals surface area contributed by atoms with E-state index in [2.05, 4.69) is 21.0 Å². The van der Waals surface area contributed by atoms with Gasteiger partial charge in [0.15, 0.2) is 0 Å². The molecule has 0 saturated heterocycles. The number of aromatic nitrogens is 2. The van der Waals surface area contributed by atoms with Crippen LogP contribution in [0.15, 0.2) is 35.1 Å². The van der Waals surface area contributed by atoms with Crippen molar-refractivity contribution in [2.75, 3.05) is 0 Å². The number of rotatable bonds is 3. The first kappa shape index (κ1) is 11.1. The molecule has 0 unspecified atom stereocenters. The highest BCUT2D eigenvalue weighted by atomic mass is 79.9. The Balaban J connectivity index is 2.02. The molecule has 0 atom stereocenters. The Labute approximate surface area is 101 Å². The number of hydrogen-bond acceptors (Lipinski definition) is 2. The van der Waals surface area contributed by atoms with Crippen molar-refractivity contribution in [1.29, 1.82) is 0 Å². The summed E-state index contributed by atoms with van der Waals surface area (Å²) in [5.74, 6) is 0.325. The molecule has 0 spiro atoms. The Morgan fingerprint density at radius 2 is 2.31 bits per heavy atom. The van der Waals surface area contributed by atoms with Gasteiger partial charge in [0.1, 0.15) is 18.2 Å². The van der Waals surface area contributed by atoms with Crippen LogP contribution in [0.2, 0.25) is 0 Å². The molecule has 1 aromatic carbocycles. The smallest absolute Gasteiger partial charge is 0.137 e. The van der Waals surface area contributed by atoms with Gasteiger partial charge in [0.25, 0.3) is 0 Å². The van der Waals surface area contributed by atoms with E-state index in [-0.39, 0.29) is 5.82 Å². The maximum Gasteiger partial charge on any atom is 0.137 e. The van der Waals surface area contributed by atoms with Crippen molar-refractivity contribution >= 4 is 15.9 Å². The van der Waals surface area contributed by atoms with Crippen LogP contribution >= 0.6 is 15.9 Å². The molecular weight excluding hydrogens is 275 g/mol. The van der Waals surface area contributed by atoms with Gasteiger partial charge in [-0.2, -0.15) is 5.10 Å². The summed E-state index contributed by atoms with van der Waals surface area (Å²) in [6, 6.07) is 4.56. The van der Waals surface area contributed by atoms with Crippen molar-refractivity contribution in [3.05, 3.63) is 46.4 Å². The van der Waals surface area contributed by atoms with Crippen LogP contribution in [0.5, 0.6) is 5.75 Å². The monoisotopic (exact) mass is 284 g/mol. The average Bonchev–Trinajstić information content (AvgIpc) is 2.66. The Kier molecular flexibility index (Phi) is 3.24. The molecule has 84 valence electrons. The fraction of sp³-hybridized carbons (Fsp3) is 0.182. The van der Waals surface area contributed by atoms with Gasteiger partial charge < -0.3 is 4.74 Å². The standard InChI is InChI=1S/C11H10BrFN2O/c1-15-6-8(5-14-15)7-16-9-2-3-11(13)10(12)4-9/h2-6H,7H2,1H3. The maximum absolute atomic E-state index is 12.9. The molecular formula is C11H10BrFN2O. The molecule has 2 rings (SSSR count). The number of aryl methyl sites for hydroxylation is 1. The summed E-state index contributed by atoms with van der Waals surface area (Å²) in [7, 11) is 1.85. The molecule has 1 heterocycles. The van der Waals surface area contributed by atoms with Gasteiger partial charge >= 0.3 is 0 Å². The second-order valence-corrected chi connectivity index (χ2v) is 4.24. The normalized spacial score (nSPS) is 10.4. The van der Waals surface area contributed by atoms with Crippen LogP contribution in [0.25, 0.3) is 0 Å². The molecule has 0 radical (unpaired) electrons. The second kappa shape index (κ2) is 4.65. The number of ether oxygens (including phenoxy) is 1. The maximum atomic E-state index is 12.9. The highest BCUT2D eigenvalue weighted by Crippen LogP contribution is 2.22. The van der Waals surface area contributed by atoms with E-state index >= 15 is 0 Å². The third-order valence-electron chi connectivity index (χ3n) is 2.05. The molecule has 0 saturated carbocycles. The van der Waals surface area contributed by atoms with E-state index in [1.165, 1.54) is 6.07 Å². The topological polar surface area (TPSA) is 27.1 Å². The zero-order valence-corrected chi connectivity index (χ0v) is 10.2. The Morgan fingerprint density at radius 3 is 2.94 bits per heavy atom. The van der Waals surface area contributed by atoms with Gasteiger partial charge in [-0.15, -0.1) is 0 Å². The minimum atomic E-state index is -0.297. The summed E-state index contributed by atoms with van der Waals surface area (Å²) in [6.45, 7) is 0.423. The third-order valence-corrected chi connectivity index (χ3v) is 2.66. The van der Waals surface area contributed by atoms with Gasteiger partial charge in [-0.05, 0) is 34.1 Å². The lowest BCUT2D eigenvalue weighted by Gasteiger charge is -2.05. The van der Waals surface area contributed by atoms with E-state index < -0.39 is 0 Å². The summed E-state index contributed by atoms with van der Waals surface area (Å²) in [5, 5.41) is 4.03. The van der Waals surface area contributed by atoms with Gasteiger partial charge in [0.05, 0.1) is 10.7 Å². The van der Waals surface area contributed by atoms with Crippen LogP contribution < -0.4 is 4.74 Å². The minimum absolute atomic E-state index is 0.297.